The first-order valence-corrected chi connectivity index (χ1v) is 7.48. The fourth-order valence-electron chi connectivity index (χ4n) is 2.81. The zero-order valence-corrected chi connectivity index (χ0v) is 12.3. The Bertz CT molecular complexity index is 335. The van der Waals surface area contributed by atoms with E-state index in [2.05, 4.69) is 10.2 Å². The fraction of sp³-hybridized carbons (Fsp3) is 0.857. The van der Waals surface area contributed by atoms with Crippen molar-refractivity contribution in [1.82, 2.24) is 15.1 Å². The lowest BCUT2D eigenvalue weighted by molar-refractivity contribution is -0.132. The van der Waals surface area contributed by atoms with E-state index in [0.29, 0.717) is 12.6 Å². The highest BCUT2D eigenvalue weighted by atomic mass is 16.5. The van der Waals surface area contributed by atoms with Crippen molar-refractivity contribution in [2.24, 2.45) is 0 Å². The molecule has 20 heavy (non-hydrogen) atoms. The second kappa shape index (κ2) is 7.59. The first-order chi connectivity index (χ1) is 9.69. The van der Waals surface area contributed by atoms with E-state index in [1.807, 2.05) is 4.90 Å². The van der Waals surface area contributed by atoms with Crippen LogP contribution >= 0.6 is 0 Å². The molecule has 0 radical (unpaired) electrons. The Morgan fingerprint density at radius 2 is 1.80 bits per heavy atom. The number of nitrogens with one attached hydrogen (secondary N) is 1. The van der Waals surface area contributed by atoms with E-state index in [4.69, 9.17) is 4.74 Å². The molecule has 0 atom stereocenters. The smallest absolute Gasteiger partial charge is 0.241 e. The molecule has 0 aromatic carbocycles. The third-order valence-electron chi connectivity index (χ3n) is 4.13. The highest BCUT2D eigenvalue weighted by Gasteiger charge is 2.21. The predicted octanol–water partition coefficient (Wildman–Crippen LogP) is -0.164. The quantitative estimate of drug-likeness (QED) is 0.761. The number of carbonyl (C=O) groups is 2. The van der Waals surface area contributed by atoms with Crippen molar-refractivity contribution < 1.29 is 14.3 Å². The maximum Gasteiger partial charge on any atom is 0.241 e. The predicted molar refractivity (Wildman–Crippen MR) is 75.3 cm³/mol. The van der Waals surface area contributed by atoms with E-state index in [0.717, 1.165) is 51.9 Å². The molecule has 2 rings (SSSR count). The summed E-state index contributed by atoms with van der Waals surface area (Å²) >= 11 is 0. The van der Waals surface area contributed by atoms with E-state index >= 15 is 0 Å². The van der Waals surface area contributed by atoms with Crippen LogP contribution in [0.1, 0.15) is 25.7 Å². The molecule has 0 spiro atoms. The van der Waals surface area contributed by atoms with Gasteiger partial charge in [-0.2, -0.15) is 0 Å². The van der Waals surface area contributed by atoms with E-state index in [-0.39, 0.29) is 18.4 Å². The summed E-state index contributed by atoms with van der Waals surface area (Å²) in [5.74, 6) is -0.0256. The molecule has 114 valence electrons. The standard InChI is InChI=1S/C14H25N3O3/c1-20-12-4-8-16(9-5-12)11-13(18)15-10-14(19)17-6-2-3-7-17/h12H,2-11H2,1H3,(H,15,18). The summed E-state index contributed by atoms with van der Waals surface area (Å²) in [6, 6.07) is 0. The number of piperidine rings is 1. The molecule has 2 saturated heterocycles. The van der Waals surface area contributed by atoms with Gasteiger partial charge in [0.1, 0.15) is 0 Å². The summed E-state index contributed by atoms with van der Waals surface area (Å²) in [5.41, 5.74) is 0. The van der Waals surface area contributed by atoms with Crippen LogP contribution in [0.5, 0.6) is 0 Å². The molecule has 1 N–H and O–H groups in total. The summed E-state index contributed by atoms with van der Waals surface area (Å²) in [4.78, 5) is 27.6. The Balaban J connectivity index is 1.61. The molecule has 2 aliphatic heterocycles. The van der Waals surface area contributed by atoms with Gasteiger partial charge in [-0.1, -0.05) is 0 Å². The van der Waals surface area contributed by atoms with E-state index < -0.39 is 0 Å². The maximum absolute atomic E-state index is 11.8. The van der Waals surface area contributed by atoms with E-state index in [1.54, 1.807) is 7.11 Å². The van der Waals surface area contributed by atoms with Gasteiger partial charge in [0, 0.05) is 33.3 Å². The number of rotatable bonds is 5. The molecule has 0 aromatic heterocycles. The molecule has 2 heterocycles. The second-order valence-corrected chi connectivity index (χ2v) is 5.58. The Morgan fingerprint density at radius 1 is 1.15 bits per heavy atom. The molecule has 0 aromatic rings. The molecule has 2 aliphatic rings. The fourth-order valence-corrected chi connectivity index (χ4v) is 2.81. The lowest BCUT2D eigenvalue weighted by Crippen LogP contribution is -2.45. The Hall–Kier alpha value is -1.14. The van der Waals surface area contributed by atoms with Crippen LogP contribution in [-0.2, 0) is 14.3 Å². The molecule has 0 saturated carbocycles. The number of carbonyl (C=O) groups excluding carboxylic acids is 2. The Morgan fingerprint density at radius 3 is 2.40 bits per heavy atom. The van der Waals surface area contributed by atoms with Gasteiger partial charge in [-0.25, -0.2) is 0 Å². The topological polar surface area (TPSA) is 61.9 Å². The third kappa shape index (κ3) is 4.45. The minimum atomic E-state index is -0.0617. The van der Waals surface area contributed by atoms with Crippen LogP contribution in [0.2, 0.25) is 0 Å². The lowest BCUT2D eigenvalue weighted by atomic mass is 10.1. The molecule has 0 unspecified atom stereocenters. The number of amides is 2. The van der Waals surface area contributed by atoms with Gasteiger partial charge in [0.2, 0.25) is 11.8 Å². The molecule has 2 amide bonds. The number of nitrogens with zero attached hydrogens (tertiary/aromatic N) is 2. The summed E-state index contributed by atoms with van der Waals surface area (Å²) < 4.78 is 5.30. The molecule has 6 nitrogen and oxygen atoms in total. The normalized spacial score (nSPS) is 21.1. The maximum atomic E-state index is 11.8. The third-order valence-corrected chi connectivity index (χ3v) is 4.13. The van der Waals surface area contributed by atoms with Gasteiger partial charge in [-0.05, 0) is 25.7 Å². The second-order valence-electron chi connectivity index (χ2n) is 5.58. The summed E-state index contributed by atoms with van der Waals surface area (Å²) in [6.07, 6.45) is 4.42. The van der Waals surface area contributed by atoms with Crippen molar-refractivity contribution in [2.75, 3.05) is 46.4 Å². The molecule has 6 heteroatoms. The minimum Gasteiger partial charge on any atom is -0.381 e. The number of hydrogen-bond acceptors (Lipinski definition) is 4. The van der Waals surface area contributed by atoms with Crippen LogP contribution in [0, 0.1) is 0 Å². The van der Waals surface area contributed by atoms with E-state index in [1.165, 1.54) is 0 Å². The highest BCUT2D eigenvalue weighted by Crippen LogP contribution is 2.12. The van der Waals surface area contributed by atoms with Crippen molar-refractivity contribution in [1.29, 1.82) is 0 Å². The molecular formula is C14H25N3O3. The number of likely N-dealkylation sites (tertiary alicyclic amines) is 2. The number of ether oxygens (including phenoxy) is 1. The molecule has 2 fully saturated rings. The van der Waals surface area contributed by atoms with Crippen molar-refractivity contribution >= 4 is 11.8 Å². The van der Waals surface area contributed by atoms with Crippen LogP contribution in [0.15, 0.2) is 0 Å². The first-order valence-electron chi connectivity index (χ1n) is 7.48. The minimum absolute atomic E-state index is 0.0361. The zero-order valence-electron chi connectivity index (χ0n) is 12.3. The monoisotopic (exact) mass is 283 g/mol. The molecule has 0 aliphatic carbocycles. The van der Waals surface area contributed by atoms with Gasteiger partial charge in [0.25, 0.3) is 0 Å². The van der Waals surface area contributed by atoms with Crippen molar-refractivity contribution in [3.05, 3.63) is 0 Å². The summed E-state index contributed by atoms with van der Waals surface area (Å²) in [6.45, 7) is 3.94. The van der Waals surface area contributed by atoms with Crippen LogP contribution < -0.4 is 5.32 Å². The van der Waals surface area contributed by atoms with Crippen molar-refractivity contribution in [3.8, 4) is 0 Å². The summed E-state index contributed by atoms with van der Waals surface area (Å²) in [5, 5.41) is 2.73. The zero-order chi connectivity index (χ0) is 14.4. The van der Waals surface area contributed by atoms with Crippen LogP contribution in [0.3, 0.4) is 0 Å². The van der Waals surface area contributed by atoms with Crippen molar-refractivity contribution in [2.45, 2.75) is 31.8 Å². The van der Waals surface area contributed by atoms with Crippen LogP contribution in [-0.4, -0.2) is 74.1 Å². The van der Waals surface area contributed by atoms with Crippen LogP contribution in [0.4, 0.5) is 0 Å². The Kier molecular flexibility index (Phi) is 5.79. The highest BCUT2D eigenvalue weighted by molar-refractivity contribution is 5.85. The van der Waals surface area contributed by atoms with Crippen LogP contribution in [0.25, 0.3) is 0 Å². The average Bonchev–Trinajstić information content (AvgIpc) is 3.00. The SMILES string of the molecule is COC1CCN(CC(=O)NCC(=O)N2CCCC2)CC1. The largest absolute Gasteiger partial charge is 0.381 e. The van der Waals surface area contributed by atoms with Gasteiger partial charge in [-0.15, -0.1) is 0 Å². The van der Waals surface area contributed by atoms with Gasteiger partial charge >= 0.3 is 0 Å². The van der Waals surface area contributed by atoms with Gasteiger partial charge < -0.3 is 15.0 Å². The van der Waals surface area contributed by atoms with Crippen molar-refractivity contribution in [3.63, 3.8) is 0 Å². The molecular weight excluding hydrogens is 258 g/mol. The van der Waals surface area contributed by atoms with Gasteiger partial charge in [-0.3, -0.25) is 14.5 Å². The number of methoxy groups -OCH3 is 1. The Labute approximate surface area is 120 Å². The first kappa shape index (κ1) is 15.3. The van der Waals surface area contributed by atoms with Gasteiger partial charge in [0.15, 0.2) is 0 Å². The van der Waals surface area contributed by atoms with Gasteiger partial charge in [0.05, 0.1) is 19.2 Å². The average molecular weight is 283 g/mol. The summed E-state index contributed by atoms with van der Waals surface area (Å²) in [7, 11) is 1.73. The number of hydrogen-bond donors (Lipinski definition) is 1. The molecule has 0 bridgehead atoms. The lowest BCUT2D eigenvalue weighted by Gasteiger charge is -2.30. The van der Waals surface area contributed by atoms with E-state index in [9.17, 15) is 9.59 Å².